The molecule has 0 bridgehead atoms. The van der Waals surface area contributed by atoms with Gasteiger partial charge in [0.05, 0.1) is 6.61 Å². The van der Waals surface area contributed by atoms with Crippen LogP contribution in [0.1, 0.15) is 38.4 Å². The summed E-state index contributed by atoms with van der Waals surface area (Å²) in [5.74, 6) is 2.16. The minimum atomic E-state index is 0.506. The number of aromatic nitrogens is 3. The molecular weight excluding hydrogens is 228 g/mol. The third-order valence-corrected chi connectivity index (χ3v) is 3.33. The predicted molar refractivity (Wildman–Crippen MR) is 70.5 cm³/mol. The molecule has 0 spiro atoms. The Hall–Kier alpha value is -0.940. The van der Waals surface area contributed by atoms with Crippen molar-refractivity contribution in [1.82, 2.24) is 20.1 Å². The van der Waals surface area contributed by atoms with Gasteiger partial charge < -0.3 is 9.64 Å². The molecule has 0 saturated carbocycles. The number of H-pyrrole nitrogens is 1. The third-order valence-electron chi connectivity index (χ3n) is 3.33. The SMILES string of the molecule is CC(C)COCCN1CCCC(c2ncn[nH]2)C1. The summed E-state index contributed by atoms with van der Waals surface area (Å²) in [5, 5.41) is 6.93. The van der Waals surface area contributed by atoms with Crippen molar-refractivity contribution in [2.75, 3.05) is 32.8 Å². The predicted octanol–water partition coefficient (Wildman–Crippen LogP) is 1.66. The molecule has 5 heteroatoms. The first-order valence-corrected chi connectivity index (χ1v) is 6.91. The molecule has 0 radical (unpaired) electrons. The molecule has 102 valence electrons. The van der Waals surface area contributed by atoms with Gasteiger partial charge in [-0.1, -0.05) is 13.8 Å². The Bertz CT molecular complexity index is 326. The zero-order valence-electron chi connectivity index (χ0n) is 11.4. The molecule has 2 rings (SSSR count). The zero-order chi connectivity index (χ0) is 12.8. The normalized spacial score (nSPS) is 21.6. The van der Waals surface area contributed by atoms with Crippen LogP contribution in [0.15, 0.2) is 6.33 Å². The largest absolute Gasteiger partial charge is 0.380 e. The van der Waals surface area contributed by atoms with Crippen LogP contribution in [0.3, 0.4) is 0 Å². The minimum Gasteiger partial charge on any atom is -0.380 e. The van der Waals surface area contributed by atoms with Gasteiger partial charge in [0.15, 0.2) is 0 Å². The van der Waals surface area contributed by atoms with Gasteiger partial charge in [-0.2, -0.15) is 5.10 Å². The lowest BCUT2D eigenvalue weighted by molar-refractivity contribution is 0.0766. The summed E-state index contributed by atoms with van der Waals surface area (Å²) in [4.78, 5) is 6.74. The summed E-state index contributed by atoms with van der Waals surface area (Å²) in [6.45, 7) is 9.33. The molecule has 2 heterocycles. The maximum atomic E-state index is 5.65. The van der Waals surface area contributed by atoms with Crippen LogP contribution in [0.25, 0.3) is 0 Å². The van der Waals surface area contributed by atoms with Crippen molar-refractivity contribution in [2.45, 2.75) is 32.6 Å². The van der Waals surface area contributed by atoms with Crippen LogP contribution in [0.2, 0.25) is 0 Å². The van der Waals surface area contributed by atoms with E-state index in [2.05, 4.69) is 33.9 Å². The highest BCUT2D eigenvalue weighted by molar-refractivity contribution is 4.96. The van der Waals surface area contributed by atoms with Gasteiger partial charge in [0.25, 0.3) is 0 Å². The van der Waals surface area contributed by atoms with Crippen LogP contribution in [-0.2, 0) is 4.74 Å². The van der Waals surface area contributed by atoms with Gasteiger partial charge in [0.1, 0.15) is 12.2 Å². The van der Waals surface area contributed by atoms with Gasteiger partial charge in [0.2, 0.25) is 0 Å². The van der Waals surface area contributed by atoms with E-state index < -0.39 is 0 Å². The number of ether oxygens (including phenoxy) is 1. The molecule has 5 nitrogen and oxygen atoms in total. The summed E-state index contributed by atoms with van der Waals surface area (Å²) in [6.07, 6.45) is 4.04. The highest BCUT2D eigenvalue weighted by Gasteiger charge is 2.22. The van der Waals surface area contributed by atoms with E-state index in [0.29, 0.717) is 11.8 Å². The van der Waals surface area contributed by atoms with Crippen molar-refractivity contribution >= 4 is 0 Å². The van der Waals surface area contributed by atoms with Crippen molar-refractivity contribution in [3.63, 3.8) is 0 Å². The molecule has 0 aromatic carbocycles. The lowest BCUT2D eigenvalue weighted by Gasteiger charge is -2.31. The van der Waals surface area contributed by atoms with Gasteiger partial charge in [-0.25, -0.2) is 4.98 Å². The van der Waals surface area contributed by atoms with Gasteiger partial charge in [-0.15, -0.1) is 0 Å². The summed E-state index contributed by atoms with van der Waals surface area (Å²) >= 11 is 0. The molecule has 0 aliphatic carbocycles. The summed E-state index contributed by atoms with van der Waals surface area (Å²) < 4.78 is 5.65. The first-order valence-electron chi connectivity index (χ1n) is 6.91. The quantitative estimate of drug-likeness (QED) is 0.782. The van der Waals surface area contributed by atoms with E-state index in [-0.39, 0.29) is 0 Å². The van der Waals surface area contributed by atoms with Crippen molar-refractivity contribution in [3.8, 4) is 0 Å². The van der Waals surface area contributed by atoms with Crippen LogP contribution in [0.5, 0.6) is 0 Å². The zero-order valence-corrected chi connectivity index (χ0v) is 11.4. The molecule has 1 aliphatic rings. The molecule has 1 aromatic heterocycles. The molecule has 1 unspecified atom stereocenters. The highest BCUT2D eigenvalue weighted by atomic mass is 16.5. The second-order valence-electron chi connectivity index (χ2n) is 5.48. The Morgan fingerprint density at radius 2 is 2.44 bits per heavy atom. The fourth-order valence-electron chi connectivity index (χ4n) is 2.41. The average Bonchev–Trinajstić information content (AvgIpc) is 2.89. The van der Waals surface area contributed by atoms with E-state index in [1.807, 2.05) is 0 Å². The Labute approximate surface area is 109 Å². The molecule has 1 atom stereocenters. The summed E-state index contributed by atoms with van der Waals surface area (Å²) in [6, 6.07) is 0. The molecule has 1 fully saturated rings. The molecule has 18 heavy (non-hydrogen) atoms. The highest BCUT2D eigenvalue weighted by Crippen LogP contribution is 2.23. The molecular formula is C13H24N4O. The van der Waals surface area contributed by atoms with Crippen LogP contribution < -0.4 is 0 Å². The van der Waals surface area contributed by atoms with E-state index in [0.717, 1.165) is 32.1 Å². The lowest BCUT2D eigenvalue weighted by Crippen LogP contribution is -2.37. The van der Waals surface area contributed by atoms with E-state index in [1.54, 1.807) is 6.33 Å². The summed E-state index contributed by atoms with van der Waals surface area (Å²) in [5.41, 5.74) is 0. The van der Waals surface area contributed by atoms with Crippen molar-refractivity contribution < 1.29 is 4.74 Å². The molecule has 1 aliphatic heterocycles. The molecule has 1 saturated heterocycles. The number of aromatic amines is 1. The number of nitrogens with one attached hydrogen (secondary N) is 1. The monoisotopic (exact) mass is 252 g/mol. The van der Waals surface area contributed by atoms with Crippen molar-refractivity contribution in [1.29, 1.82) is 0 Å². The van der Waals surface area contributed by atoms with Crippen molar-refractivity contribution in [3.05, 3.63) is 12.2 Å². The van der Waals surface area contributed by atoms with E-state index in [4.69, 9.17) is 4.74 Å². The fraction of sp³-hybridized carbons (Fsp3) is 0.846. The Balaban J connectivity index is 1.70. The maximum absolute atomic E-state index is 5.65. The van der Waals surface area contributed by atoms with Crippen LogP contribution in [0, 0.1) is 5.92 Å². The maximum Gasteiger partial charge on any atom is 0.137 e. The Morgan fingerprint density at radius 3 is 3.17 bits per heavy atom. The van der Waals surface area contributed by atoms with Crippen LogP contribution in [-0.4, -0.2) is 52.9 Å². The lowest BCUT2D eigenvalue weighted by atomic mass is 9.97. The molecule has 1 N–H and O–H groups in total. The van der Waals surface area contributed by atoms with Gasteiger partial charge >= 0.3 is 0 Å². The standard InChI is InChI=1S/C13H24N4O/c1-11(2)9-18-7-6-17-5-3-4-12(8-17)13-14-10-15-16-13/h10-12H,3-9H2,1-2H3,(H,14,15,16). The number of hydrogen-bond acceptors (Lipinski definition) is 4. The third kappa shape index (κ3) is 4.07. The smallest absolute Gasteiger partial charge is 0.137 e. The first-order chi connectivity index (χ1) is 8.75. The van der Waals surface area contributed by atoms with Crippen LogP contribution in [0.4, 0.5) is 0 Å². The van der Waals surface area contributed by atoms with E-state index in [1.165, 1.54) is 19.4 Å². The minimum absolute atomic E-state index is 0.506. The topological polar surface area (TPSA) is 54.0 Å². The number of hydrogen-bond donors (Lipinski definition) is 1. The van der Waals surface area contributed by atoms with Crippen LogP contribution >= 0.6 is 0 Å². The number of piperidine rings is 1. The average molecular weight is 252 g/mol. The van der Waals surface area contributed by atoms with E-state index in [9.17, 15) is 0 Å². The van der Waals surface area contributed by atoms with Gasteiger partial charge in [-0.05, 0) is 25.3 Å². The Morgan fingerprint density at radius 1 is 1.56 bits per heavy atom. The van der Waals surface area contributed by atoms with Crippen molar-refractivity contribution in [2.24, 2.45) is 5.92 Å². The number of nitrogens with zero attached hydrogens (tertiary/aromatic N) is 3. The molecule has 1 aromatic rings. The van der Waals surface area contributed by atoms with E-state index >= 15 is 0 Å². The van der Waals surface area contributed by atoms with Gasteiger partial charge in [-0.3, -0.25) is 5.10 Å². The second-order valence-corrected chi connectivity index (χ2v) is 5.48. The van der Waals surface area contributed by atoms with Gasteiger partial charge in [0, 0.05) is 25.6 Å². The first kappa shape index (κ1) is 13.5. The number of likely N-dealkylation sites (tertiary alicyclic amines) is 1. The fourth-order valence-corrected chi connectivity index (χ4v) is 2.41. The second kappa shape index (κ2) is 6.85. The number of rotatable bonds is 6. The Kier molecular flexibility index (Phi) is 5.13. The summed E-state index contributed by atoms with van der Waals surface area (Å²) in [7, 11) is 0. The molecule has 0 amide bonds.